The van der Waals surface area contributed by atoms with Crippen LogP contribution in [0.15, 0.2) is 5.38 Å². The van der Waals surface area contributed by atoms with E-state index in [0.717, 1.165) is 12.1 Å². The molecule has 102 valence electrons. The Morgan fingerprint density at radius 2 is 2.28 bits per heavy atom. The van der Waals surface area contributed by atoms with Crippen molar-refractivity contribution >= 4 is 17.4 Å². The van der Waals surface area contributed by atoms with E-state index in [0.29, 0.717) is 17.9 Å². The van der Waals surface area contributed by atoms with Gasteiger partial charge in [0.25, 0.3) is 5.91 Å². The highest BCUT2D eigenvalue weighted by Crippen LogP contribution is 2.16. The minimum Gasteiger partial charge on any atom is -0.388 e. The van der Waals surface area contributed by atoms with Gasteiger partial charge >= 0.3 is 0 Å². The molecule has 0 aliphatic rings. The van der Waals surface area contributed by atoms with Crippen LogP contribution in [0.2, 0.25) is 0 Å². The van der Waals surface area contributed by atoms with Crippen molar-refractivity contribution in [3.63, 3.8) is 0 Å². The van der Waals surface area contributed by atoms with E-state index in [2.05, 4.69) is 23.5 Å². The van der Waals surface area contributed by atoms with E-state index < -0.39 is 5.60 Å². The number of rotatable bonds is 6. The third kappa shape index (κ3) is 4.74. The maximum absolute atomic E-state index is 11.9. The molecule has 1 rings (SSSR count). The Bertz CT molecular complexity index is 399. The molecule has 1 aromatic heterocycles. The van der Waals surface area contributed by atoms with Crippen LogP contribution in [0.5, 0.6) is 0 Å². The van der Waals surface area contributed by atoms with Gasteiger partial charge in [-0.2, -0.15) is 4.37 Å². The summed E-state index contributed by atoms with van der Waals surface area (Å²) in [5.74, 6) is 0.390. The van der Waals surface area contributed by atoms with Gasteiger partial charge in [0.15, 0.2) is 0 Å². The number of carbonyl (C=O) groups excluding carboxylic acids is 1. The maximum atomic E-state index is 11.9. The van der Waals surface area contributed by atoms with Crippen LogP contribution >= 0.6 is 11.5 Å². The smallest absolute Gasteiger partial charge is 0.254 e. The fraction of sp³-hybridized carbons (Fsp3) is 0.692. The molecule has 0 aliphatic heterocycles. The number of hydrogen-bond donors (Lipinski definition) is 2. The molecule has 1 atom stereocenters. The Morgan fingerprint density at radius 3 is 2.78 bits per heavy atom. The molecule has 4 nitrogen and oxygen atoms in total. The van der Waals surface area contributed by atoms with Gasteiger partial charge in [-0.1, -0.05) is 13.8 Å². The standard InChI is InChI=1S/C13H22N2O2S/c1-9(2)5-6-13(4,17)8-14-12(16)11-7-18-15-10(11)3/h7,9,17H,5-6,8H2,1-4H3,(H,14,16). The normalized spacial score (nSPS) is 14.6. The van der Waals surface area contributed by atoms with Crippen LogP contribution in [-0.2, 0) is 0 Å². The summed E-state index contributed by atoms with van der Waals surface area (Å²) in [7, 11) is 0. The molecule has 0 radical (unpaired) electrons. The lowest BCUT2D eigenvalue weighted by molar-refractivity contribution is 0.0429. The number of nitrogens with one attached hydrogen (secondary N) is 1. The van der Waals surface area contributed by atoms with E-state index >= 15 is 0 Å². The van der Waals surface area contributed by atoms with Crippen LogP contribution in [0.1, 0.15) is 49.7 Å². The number of amides is 1. The zero-order valence-corrected chi connectivity index (χ0v) is 12.3. The summed E-state index contributed by atoms with van der Waals surface area (Å²) in [5.41, 5.74) is 0.482. The predicted molar refractivity (Wildman–Crippen MR) is 73.9 cm³/mol. The molecule has 1 unspecified atom stereocenters. The van der Waals surface area contributed by atoms with Gasteiger partial charge in [0.05, 0.1) is 16.9 Å². The van der Waals surface area contributed by atoms with Gasteiger partial charge in [0.2, 0.25) is 0 Å². The third-order valence-corrected chi connectivity index (χ3v) is 3.61. The first-order valence-electron chi connectivity index (χ1n) is 6.23. The second kappa shape index (κ2) is 6.29. The van der Waals surface area contributed by atoms with Crippen molar-refractivity contribution in [3.05, 3.63) is 16.6 Å². The van der Waals surface area contributed by atoms with Gasteiger partial charge in [0.1, 0.15) is 0 Å². The molecule has 0 saturated carbocycles. The van der Waals surface area contributed by atoms with Crippen molar-refractivity contribution in [2.45, 2.75) is 46.1 Å². The second-order valence-corrected chi connectivity index (χ2v) is 6.05. The topological polar surface area (TPSA) is 62.2 Å². The Labute approximate surface area is 113 Å². The Morgan fingerprint density at radius 1 is 1.61 bits per heavy atom. The van der Waals surface area contributed by atoms with Crippen molar-refractivity contribution in [1.29, 1.82) is 0 Å². The van der Waals surface area contributed by atoms with Crippen LogP contribution in [0.25, 0.3) is 0 Å². The average Bonchev–Trinajstić information content (AvgIpc) is 2.70. The number of hydrogen-bond acceptors (Lipinski definition) is 4. The van der Waals surface area contributed by atoms with Gasteiger partial charge in [-0.05, 0) is 44.1 Å². The fourth-order valence-corrected chi connectivity index (χ4v) is 2.26. The summed E-state index contributed by atoms with van der Waals surface area (Å²) in [4.78, 5) is 11.9. The molecular formula is C13H22N2O2S. The minimum atomic E-state index is -0.850. The molecule has 1 aromatic rings. The van der Waals surface area contributed by atoms with Crippen LogP contribution in [0, 0.1) is 12.8 Å². The Kier molecular flexibility index (Phi) is 5.28. The number of carbonyl (C=O) groups is 1. The van der Waals surface area contributed by atoms with Gasteiger partial charge < -0.3 is 10.4 Å². The summed E-state index contributed by atoms with van der Waals surface area (Å²) in [6.07, 6.45) is 1.63. The predicted octanol–water partition coefficient (Wildman–Crippen LogP) is 2.37. The summed E-state index contributed by atoms with van der Waals surface area (Å²) >= 11 is 1.27. The SMILES string of the molecule is Cc1nscc1C(=O)NCC(C)(O)CCC(C)C. The van der Waals surface area contributed by atoms with Crippen molar-refractivity contribution in [2.75, 3.05) is 6.54 Å². The highest BCUT2D eigenvalue weighted by Gasteiger charge is 2.22. The van der Waals surface area contributed by atoms with Gasteiger partial charge in [-0.25, -0.2) is 0 Å². The lowest BCUT2D eigenvalue weighted by Crippen LogP contribution is -2.40. The number of aliphatic hydroxyl groups is 1. The molecule has 1 heterocycles. The lowest BCUT2D eigenvalue weighted by Gasteiger charge is -2.24. The number of nitrogens with zero attached hydrogens (tertiary/aromatic N) is 1. The second-order valence-electron chi connectivity index (χ2n) is 5.43. The minimum absolute atomic E-state index is 0.161. The first-order chi connectivity index (χ1) is 8.32. The van der Waals surface area contributed by atoms with Crippen molar-refractivity contribution < 1.29 is 9.90 Å². The number of aromatic nitrogens is 1. The van der Waals surface area contributed by atoms with E-state index in [4.69, 9.17) is 0 Å². The van der Waals surface area contributed by atoms with Crippen LogP contribution in [0.3, 0.4) is 0 Å². The van der Waals surface area contributed by atoms with Crippen molar-refractivity contribution in [2.24, 2.45) is 5.92 Å². The monoisotopic (exact) mass is 270 g/mol. The summed E-state index contributed by atoms with van der Waals surface area (Å²) in [6, 6.07) is 0. The molecule has 1 amide bonds. The Balaban J connectivity index is 2.45. The van der Waals surface area contributed by atoms with E-state index in [1.165, 1.54) is 11.5 Å². The van der Waals surface area contributed by atoms with Gasteiger partial charge in [-0.3, -0.25) is 4.79 Å². The molecule has 0 aliphatic carbocycles. The van der Waals surface area contributed by atoms with Gasteiger partial charge in [0, 0.05) is 11.9 Å². The lowest BCUT2D eigenvalue weighted by atomic mass is 9.95. The largest absolute Gasteiger partial charge is 0.388 e. The van der Waals surface area contributed by atoms with E-state index in [1.807, 2.05) is 6.92 Å². The fourth-order valence-electron chi connectivity index (χ4n) is 1.56. The zero-order valence-electron chi connectivity index (χ0n) is 11.5. The summed E-state index contributed by atoms with van der Waals surface area (Å²) in [5, 5.41) is 14.6. The maximum Gasteiger partial charge on any atom is 0.254 e. The highest BCUT2D eigenvalue weighted by atomic mass is 32.1. The number of aryl methyl sites for hydroxylation is 1. The molecule has 0 bridgehead atoms. The van der Waals surface area contributed by atoms with Crippen LogP contribution in [-0.4, -0.2) is 27.5 Å². The van der Waals surface area contributed by atoms with Gasteiger partial charge in [-0.15, -0.1) is 0 Å². The highest BCUT2D eigenvalue weighted by molar-refractivity contribution is 7.03. The molecule has 2 N–H and O–H groups in total. The molecular weight excluding hydrogens is 248 g/mol. The molecule has 0 fully saturated rings. The van der Waals surface area contributed by atoms with Crippen molar-refractivity contribution in [3.8, 4) is 0 Å². The third-order valence-electron chi connectivity index (χ3n) is 2.88. The quantitative estimate of drug-likeness (QED) is 0.834. The first kappa shape index (κ1) is 15.1. The van der Waals surface area contributed by atoms with Crippen LogP contribution in [0.4, 0.5) is 0 Å². The molecule has 18 heavy (non-hydrogen) atoms. The van der Waals surface area contributed by atoms with Crippen LogP contribution < -0.4 is 5.32 Å². The molecule has 0 spiro atoms. The molecule has 5 heteroatoms. The summed E-state index contributed by atoms with van der Waals surface area (Å²) in [6.45, 7) is 8.08. The van der Waals surface area contributed by atoms with Crippen molar-refractivity contribution in [1.82, 2.24) is 9.69 Å². The average molecular weight is 270 g/mol. The first-order valence-corrected chi connectivity index (χ1v) is 7.07. The van der Waals surface area contributed by atoms with E-state index in [1.54, 1.807) is 12.3 Å². The Hall–Kier alpha value is -0.940. The van der Waals surface area contributed by atoms with E-state index in [-0.39, 0.29) is 12.5 Å². The van der Waals surface area contributed by atoms with E-state index in [9.17, 15) is 9.90 Å². The summed E-state index contributed by atoms with van der Waals surface area (Å²) < 4.78 is 4.06. The zero-order chi connectivity index (χ0) is 13.8. The molecule has 0 saturated heterocycles. The molecule has 0 aromatic carbocycles.